The topological polar surface area (TPSA) is 29.5 Å². The maximum Gasteiger partial charge on any atom is 0.125 e. The van der Waals surface area contributed by atoms with E-state index in [0.717, 1.165) is 35.0 Å². The molecular weight excluding hydrogens is 268 g/mol. The van der Waals surface area contributed by atoms with E-state index in [2.05, 4.69) is 28.9 Å². The molecule has 1 fully saturated rings. The molecule has 2 nitrogen and oxygen atoms in total. The van der Waals surface area contributed by atoms with Gasteiger partial charge in [-0.05, 0) is 42.5 Å². The van der Waals surface area contributed by atoms with Crippen molar-refractivity contribution in [3.63, 3.8) is 0 Å². The van der Waals surface area contributed by atoms with Crippen molar-refractivity contribution in [2.45, 2.75) is 38.2 Å². The van der Waals surface area contributed by atoms with Gasteiger partial charge >= 0.3 is 0 Å². The highest BCUT2D eigenvalue weighted by atomic mass is 79.9. The fraction of sp³-hybridized carbons (Fsp3) is 0.538. The van der Waals surface area contributed by atoms with Gasteiger partial charge in [0, 0.05) is 10.9 Å². The highest BCUT2D eigenvalue weighted by Crippen LogP contribution is 2.41. The average molecular weight is 285 g/mol. The molecule has 16 heavy (non-hydrogen) atoms. The molecule has 1 aliphatic carbocycles. The Bertz CT molecular complexity index is 397. The number of aliphatic hydroxyl groups is 1. The lowest BCUT2D eigenvalue weighted by Gasteiger charge is -2.16. The maximum absolute atomic E-state index is 9.99. The van der Waals surface area contributed by atoms with Crippen LogP contribution in [0.25, 0.3) is 0 Å². The van der Waals surface area contributed by atoms with Crippen LogP contribution in [0.4, 0.5) is 0 Å². The number of hydrogen-bond acceptors (Lipinski definition) is 2. The minimum absolute atomic E-state index is 0.473. The minimum Gasteiger partial charge on any atom is -0.496 e. The van der Waals surface area contributed by atoms with Gasteiger partial charge < -0.3 is 9.84 Å². The van der Waals surface area contributed by atoms with Gasteiger partial charge in [0.05, 0.1) is 12.7 Å². The Morgan fingerprint density at radius 3 is 2.50 bits per heavy atom. The van der Waals surface area contributed by atoms with Crippen LogP contribution in [0.3, 0.4) is 0 Å². The lowest BCUT2D eigenvalue weighted by atomic mass is 10.0. The van der Waals surface area contributed by atoms with Crippen LogP contribution in [0.1, 0.15) is 30.9 Å². The summed E-state index contributed by atoms with van der Waals surface area (Å²) in [7, 11) is 1.70. The number of hydrogen-bond donors (Lipinski definition) is 1. The minimum atomic E-state index is -0.473. The number of methoxy groups -OCH3 is 1. The van der Waals surface area contributed by atoms with Crippen LogP contribution < -0.4 is 4.74 Å². The SMILES string of the molecule is CCc1cc(Br)cc(CC2(O)CC2)c1OC. The smallest absolute Gasteiger partial charge is 0.125 e. The third kappa shape index (κ3) is 2.41. The summed E-state index contributed by atoms with van der Waals surface area (Å²) < 4.78 is 6.52. The Labute approximate surface area is 105 Å². The molecule has 88 valence electrons. The van der Waals surface area contributed by atoms with Gasteiger partial charge in [-0.25, -0.2) is 0 Å². The molecule has 0 aromatic heterocycles. The molecule has 0 bridgehead atoms. The van der Waals surface area contributed by atoms with Crippen molar-refractivity contribution in [1.29, 1.82) is 0 Å². The number of halogens is 1. The van der Waals surface area contributed by atoms with E-state index in [1.165, 1.54) is 5.56 Å². The summed E-state index contributed by atoms with van der Waals surface area (Å²) in [6.07, 6.45) is 3.45. The number of ether oxygens (including phenoxy) is 1. The fourth-order valence-electron chi connectivity index (χ4n) is 2.04. The summed E-state index contributed by atoms with van der Waals surface area (Å²) in [5.41, 5.74) is 1.82. The molecular formula is C13H17BrO2. The highest BCUT2D eigenvalue weighted by Gasteiger charge is 2.41. The number of rotatable bonds is 4. The Morgan fingerprint density at radius 1 is 1.38 bits per heavy atom. The third-order valence-electron chi connectivity index (χ3n) is 3.14. The summed E-state index contributed by atoms with van der Waals surface area (Å²) in [6, 6.07) is 4.13. The monoisotopic (exact) mass is 284 g/mol. The third-order valence-corrected chi connectivity index (χ3v) is 3.60. The van der Waals surface area contributed by atoms with E-state index in [-0.39, 0.29) is 0 Å². The second-order valence-corrected chi connectivity index (χ2v) is 5.43. The summed E-state index contributed by atoms with van der Waals surface area (Å²) in [6.45, 7) is 2.11. The summed E-state index contributed by atoms with van der Waals surface area (Å²) in [5.74, 6) is 0.936. The van der Waals surface area contributed by atoms with E-state index in [1.807, 2.05) is 6.07 Å². The van der Waals surface area contributed by atoms with Gasteiger partial charge in [-0.3, -0.25) is 0 Å². The van der Waals surface area contributed by atoms with Crippen LogP contribution >= 0.6 is 15.9 Å². The molecule has 0 spiro atoms. The van der Waals surface area contributed by atoms with Gasteiger partial charge in [0.2, 0.25) is 0 Å². The van der Waals surface area contributed by atoms with Gasteiger partial charge in [-0.15, -0.1) is 0 Å². The van der Waals surface area contributed by atoms with Crippen molar-refractivity contribution >= 4 is 15.9 Å². The first kappa shape index (κ1) is 11.9. The number of benzene rings is 1. The van der Waals surface area contributed by atoms with Crippen molar-refractivity contribution in [2.24, 2.45) is 0 Å². The van der Waals surface area contributed by atoms with Gasteiger partial charge in [-0.2, -0.15) is 0 Å². The lowest BCUT2D eigenvalue weighted by molar-refractivity contribution is 0.150. The van der Waals surface area contributed by atoms with Crippen molar-refractivity contribution in [3.05, 3.63) is 27.7 Å². The molecule has 1 saturated carbocycles. The van der Waals surface area contributed by atoms with Gasteiger partial charge in [0.25, 0.3) is 0 Å². The lowest BCUT2D eigenvalue weighted by Crippen LogP contribution is -2.12. The highest BCUT2D eigenvalue weighted by molar-refractivity contribution is 9.10. The first-order chi connectivity index (χ1) is 7.58. The van der Waals surface area contributed by atoms with E-state index in [9.17, 15) is 5.11 Å². The standard InChI is InChI=1S/C13H17BrO2/c1-3-9-6-11(14)7-10(12(9)16-2)8-13(15)4-5-13/h6-7,15H,3-5,8H2,1-2H3. The molecule has 0 heterocycles. The molecule has 0 atom stereocenters. The Hall–Kier alpha value is -0.540. The second kappa shape index (κ2) is 4.38. The van der Waals surface area contributed by atoms with E-state index < -0.39 is 5.60 Å². The van der Waals surface area contributed by atoms with E-state index >= 15 is 0 Å². The van der Waals surface area contributed by atoms with Crippen LogP contribution in [-0.4, -0.2) is 17.8 Å². The molecule has 1 aromatic rings. The molecule has 0 aliphatic heterocycles. The van der Waals surface area contributed by atoms with E-state index in [0.29, 0.717) is 6.42 Å². The molecule has 0 unspecified atom stereocenters. The number of aryl methyl sites for hydroxylation is 1. The van der Waals surface area contributed by atoms with E-state index in [4.69, 9.17) is 4.74 Å². The molecule has 3 heteroatoms. The van der Waals surface area contributed by atoms with Crippen molar-refractivity contribution < 1.29 is 9.84 Å². The van der Waals surface area contributed by atoms with Crippen LogP contribution in [-0.2, 0) is 12.8 Å². The Kier molecular flexibility index (Phi) is 3.27. The molecule has 0 amide bonds. The van der Waals surface area contributed by atoms with Crippen molar-refractivity contribution in [2.75, 3.05) is 7.11 Å². The quantitative estimate of drug-likeness (QED) is 0.921. The van der Waals surface area contributed by atoms with Crippen LogP contribution in [0.5, 0.6) is 5.75 Å². The average Bonchev–Trinajstić information content (AvgIpc) is 2.95. The van der Waals surface area contributed by atoms with Crippen molar-refractivity contribution in [3.8, 4) is 5.75 Å². The fourth-order valence-corrected chi connectivity index (χ4v) is 2.60. The summed E-state index contributed by atoms with van der Waals surface area (Å²) >= 11 is 3.51. The molecule has 0 radical (unpaired) electrons. The Morgan fingerprint density at radius 2 is 2.00 bits per heavy atom. The first-order valence-electron chi connectivity index (χ1n) is 5.65. The van der Waals surface area contributed by atoms with Crippen LogP contribution in [0.15, 0.2) is 16.6 Å². The predicted molar refractivity (Wildman–Crippen MR) is 68.0 cm³/mol. The van der Waals surface area contributed by atoms with E-state index in [1.54, 1.807) is 7.11 Å². The zero-order chi connectivity index (χ0) is 11.8. The summed E-state index contributed by atoms with van der Waals surface area (Å²) in [5, 5.41) is 9.99. The zero-order valence-electron chi connectivity index (χ0n) is 9.72. The van der Waals surface area contributed by atoms with Crippen molar-refractivity contribution in [1.82, 2.24) is 0 Å². The zero-order valence-corrected chi connectivity index (χ0v) is 11.3. The first-order valence-corrected chi connectivity index (χ1v) is 6.45. The van der Waals surface area contributed by atoms with Crippen LogP contribution in [0, 0.1) is 0 Å². The molecule has 0 saturated heterocycles. The predicted octanol–water partition coefficient (Wildman–Crippen LogP) is 3.09. The van der Waals surface area contributed by atoms with Gasteiger partial charge in [-0.1, -0.05) is 22.9 Å². The van der Waals surface area contributed by atoms with Crippen LogP contribution in [0.2, 0.25) is 0 Å². The molecule has 1 N–H and O–H groups in total. The Balaban J connectivity index is 2.37. The van der Waals surface area contributed by atoms with Gasteiger partial charge in [0.15, 0.2) is 0 Å². The molecule has 2 rings (SSSR count). The summed E-state index contributed by atoms with van der Waals surface area (Å²) in [4.78, 5) is 0. The maximum atomic E-state index is 9.99. The molecule has 1 aliphatic rings. The largest absolute Gasteiger partial charge is 0.496 e. The van der Waals surface area contributed by atoms with Gasteiger partial charge in [0.1, 0.15) is 5.75 Å². The normalized spacial score (nSPS) is 17.2. The molecule has 1 aromatic carbocycles. The second-order valence-electron chi connectivity index (χ2n) is 4.51.